The maximum absolute atomic E-state index is 12.1. The molecule has 3 nitrogen and oxygen atoms in total. The summed E-state index contributed by atoms with van der Waals surface area (Å²) in [6.45, 7) is 4.17. The highest BCUT2D eigenvalue weighted by molar-refractivity contribution is 9.11. The molecule has 0 fully saturated rings. The van der Waals surface area contributed by atoms with Gasteiger partial charge in [-0.05, 0) is 47.5 Å². The van der Waals surface area contributed by atoms with Crippen LogP contribution in [0.2, 0.25) is 0 Å². The molecule has 0 heterocycles. The van der Waals surface area contributed by atoms with E-state index in [0.717, 1.165) is 14.6 Å². The Morgan fingerprint density at radius 3 is 2.59 bits per heavy atom. The zero-order chi connectivity index (χ0) is 13.1. The predicted octanol–water partition coefficient (Wildman–Crippen LogP) is 3.53. The average molecular weight is 364 g/mol. The van der Waals surface area contributed by atoms with Gasteiger partial charge in [0.2, 0.25) is 5.91 Å². The second kappa shape index (κ2) is 5.98. The van der Waals surface area contributed by atoms with Gasteiger partial charge in [-0.1, -0.05) is 22.9 Å². The molecule has 17 heavy (non-hydrogen) atoms. The SMILES string of the molecule is CCC(C)(CN)C(=O)Nc1ccc(Br)cc1Br. The lowest BCUT2D eigenvalue weighted by atomic mass is 9.86. The molecule has 0 bridgehead atoms. The Morgan fingerprint density at radius 2 is 2.12 bits per heavy atom. The predicted molar refractivity (Wildman–Crippen MR) is 77.9 cm³/mol. The summed E-state index contributed by atoms with van der Waals surface area (Å²) in [7, 11) is 0. The molecule has 1 amide bonds. The second-order valence-electron chi connectivity index (χ2n) is 4.20. The Bertz CT molecular complexity index is 417. The van der Waals surface area contributed by atoms with Gasteiger partial charge in [-0.25, -0.2) is 0 Å². The molecular weight excluding hydrogens is 348 g/mol. The third-order valence-electron chi connectivity index (χ3n) is 2.96. The van der Waals surface area contributed by atoms with Crippen LogP contribution in [0.15, 0.2) is 27.1 Å². The first-order chi connectivity index (χ1) is 7.92. The number of halogens is 2. The summed E-state index contributed by atoms with van der Waals surface area (Å²) >= 11 is 6.78. The van der Waals surface area contributed by atoms with E-state index in [4.69, 9.17) is 5.73 Å². The minimum Gasteiger partial charge on any atom is -0.329 e. The number of hydrogen-bond acceptors (Lipinski definition) is 2. The molecule has 1 aromatic carbocycles. The van der Waals surface area contributed by atoms with Crippen molar-refractivity contribution >= 4 is 43.5 Å². The van der Waals surface area contributed by atoms with E-state index in [1.165, 1.54) is 0 Å². The Kier molecular flexibility index (Phi) is 5.16. The van der Waals surface area contributed by atoms with Crippen LogP contribution in [0.3, 0.4) is 0 Å². The first kappa shape index (κ1) is 14.7. The number of hydrogen-bond donors (Lipinski definition) is 2. The summed E-state index contributed by atoms with van der Waals surface area (Å²) in [4.78, 5) is 12.1. The smallest absolute Gasteiger partial charge is 0.231 e. The van der Waals surface area contributed by atoms with Gasteiger partial charge < -0.3 is 11.1 Å². The number of nitrogens with one attached hydrogen (secondary N) is 1. The maximum Gasteiger partial charge on any atom is 0.231 e. The molecular formula is C12H16Br2N2O. The van der Waals surface area contributed by atoms with Crippen LogP contribution in [0.25, 0.3) is 0 Å². The molecule has 0 aliphatic rings. The zero-order valence-electron chi connectivity index (χ0n) is 9.89. The van der Waals surface area contributed by atoms with Gasteiger partial charge in [-0.3, -0.25) is 4.79 Å². The minimum absolute atomic E-state index is 0.0504. The summed E-state index contributed by atoms with van der Waals surface area (Å²) in [5.74, 6) is -0.0504. The van der Waals surface area contributed by atoms with Crippen LogP contribution in [0.5, 0.6) is 0 Å². The van der Waals surface area contributed by atoms with E-state index in [2.05, 4.69) is 37.2 Å². The molecule has 5 heteroatoms. The molecule has 94 valence electrons. The maximum atomic E-state index is 12.1. The van der Waals surface area contributed by atoms with Crippen molar-refractivity contribution in [3.63, 3.8) is 0 Å². The quantitative estimate of drug-likeness (QED) is 0.859. The molecule has 0 aromatic heterocycles. The molecule has 0 saturated heterocycles. The monoisotopic (exact) mass is 362 g/mol. The van der Waals surface area contributed by atoms with E-state index < -0.39 is 5.41 Å². The fourth-order valence-corrected chi connectivity index (χ4v) is 2.41. The topological polar surface area (TPSA) is 55.1 Å². The third-order valence-corrected chi connectivity index (χ3v) is 4.11. The molecule has 1 atom stereocenters. The highest BCUT2D eigenvalue weighted by Crippen LogP contribution is 2.28. The van der Waals surface area contributed by atoms with Gasteiger partial charge in [0.25, 0.3) is 0 Å². The molecule has 1 rings (SSSR count). The van der Waals surface area contributed by atoms with Crippen LogP contribution in [0.1, 0.15) is 20.3 Å². The van der Waals surface area contributed by atoms with Crippen LogP contribution < -0.4 is 11.1 Å². The van der Waals surface area contributed by atoms with Crippen molar-refractivity contribution in [1.82, 2.24) is 0 Å². The lowest BCUT2D eigenvalue weighted by Crippen LogP contribution is -2.39. The van der Waals surface area contributed by atoms with Crippen LogP contribution >= 0.6 is 31.9 Å². The van der Waals surface area contributed by atoms with Gasteiger partial charge in [-0.15, -0.1) is 0 Å². The molecule has 3 N–H and O–H groups in total. The van der Waals surface area contributed by atoms with Crippen LogP contribution in [-0.2, 0) is 4.79 Å². The molecule has 0 aliphatic heterocycles. The van der Waals surface area contributed by atoms with E-state index in [9.17, 15) is 4.79 Å². The third kappa shape index (κ3) is 3.53. The molecule has 0 aliphatic carbocycles. The van der Waals surface area contributed by atoms with Crippen molar-refractivity contribution in [2.45, 2.75) is 20.3 Å². The Balaban J connectivity index is 2.88. The van der Waals surface area contributed by atoms with Crippen molar-refractivity contribution in [2.75, 3.05) is 11.9 Å². The van der Waals surface area contributed by atoms with Crippen molar-refractivity contribution in [2.24, 2.45) is 11.1 Å². The Hall–Kier alpha value is -0.390. The van der Waals surface area contributed by atoms with Gasteiger partial charge >= 0.3 is 0 Å². The summed E-state index contributed by atoms with van der Waals surface area (Å²) in [6, 6.07) is 5.62. The van der Waals surface area contributed by atoms with E-state index in [-0.39, 0.29) is 5.91 Å². The lowest BCUT2D eigenvalue weighted by Gasteiger charge is -2.25. The fourth-order valence-electron chi connectivity index (χ4n) is 1.26. The number of carbonyl (C=O) groups excluding carboxylic acids is 1. The van der Waals surface area contributed by atoms with Crippen LogP contribution in [0, 0.1) is 5.41 Å². The summed E-state index contributed by atoms with van der Waals surface area (Å²) in [6.07, 6.45) is 0.712. The van der Waals surface area contributed by atoms with Gasteiger partial charge in [0.15, 0.2) is 0 Å². The highest BCUT2D eigenvalue weighted by Gasteiger charge is 2.29. The minimum atomic E-state index is -0.521. The average Bonchev–Trinajstić information content (AvgIpc) is 2.31. The Morgan fingerprint density at radius 1 is 1.47 bits per heavy atom. The van der Waals surface area contributed by atoms with Crippen molar-refractivity contribution in [1.29, 1.82) is 0 Å². The molecule has 0 spiro atoms. The fraction of sp³-hybridized carbons (Fsp3) is 0.417. The number of nitrogens with two attached hydrogens (primary N) is 1. The van der Waals surface area contributed by atoms with E-state index in [0.29, 0.717) is 13.0 Å². The number of rotatable bonds is 4. The summed E-state index contributed by atoms with van der Waals surface area (Å²) in [5, 5.41) is 2.89. The van der Waals surface area contributed by atoms with Crippen molar-refractivity contribution in [3.8, 4) is 0 Å². The van der Waals surface area contributed by atoms with Gasteiger partial charge in [0, 0.05) is 15.5 Å². The first-order valence-electron chi connectivity index (χ1n) is 5.39. The molecule has 0 saturated carbocycles. The summed E-state index contributed by atoms with van der Waals surface area (Å²) < 4.78 is 1.80. The second-order valence-corrected chi connectivity index (χ2v) is 5.97. The number of benzene rings is 1. The lowest BCUT2D eigenvalue weighted by molar-refractivity contribution is -0.124. The number of anilines is 1. The first-order valence-corrected chi connectivity index (χ1v) is 6.98. The molecule has 0 radical (unpaired) electrons. The van der Waals surface area contributed by atoms with Gasteiger partial charge in [0.05, 0.1) is 11.1 Å². The van der Waals surface area contributed by atoms with Crippen molar-refractivity contribution in [3.05, 3.63) is 27.1 Å². The van der Waals surface area contributed by atoms with E-state index in [1.54, 1.807) is 0 Å². The zero-order valence-corrected chi connectivity index (χ0v) is 13.1. The number of amides is 1. The van der Waals surface area contributed by atoms with Crippen LogP contribution in [0.4, 0.5) is 5.69 Å². The standard InChI is InChI=1S/C12H16Br2N2O/c1-3-12(2,7-15)11(17)16-10-5-4-8(13)6-9(10)14/h4-6H,3,7,15H2,1-2H3,(H,16,17). The summed E-state index contributed by atoms with van der Waals surface area (Å²) in [5.41, 5.74) is 5.89. The largest absolute Gasteiger partial charge is 0.329 e. The molecule has 1 aromatic rings. The van der Waals surface area contributed by atoms with Gasteiger partial charge in [-0.2, -0.15) is 0 Å². The number of carbonyl (C=O) groups is 1. The Labute approximate surface area is 118 Å². The van der Waals surface area contributed by atoms with E-state index >= 15 is 0 Å². The van der Waals surface area contributed by atoms with Crippen LogP contribution in [-0.4, -0.2) is 12.5 Å². The highest BCUT2D eigenvalue weighted by atomic mass is 79.9. The normalized spacial score (nSPS) is 14.2. The van der Waals surface area contributed by atoms with E-state index in [1.807, 2.05) is 32.0 Å². The van der Waals surface area contributed by atoms with Gasteiger partial charge in [0.1, 0.15) is 0 Å². The molecule has 1 unspecified atom stereocenters. The van der Waals surface area contributed by atoms with Crippen molar-refractivity contribution < 1.29 is 4.79 Å².